The number of ether oxygens (including phenoxy) is 1. The standard InChI is InChI=1S/C31H28BrN3O3/c32-22-12-9-20(10-13-22)18-35-29-16-15-24(38-19-23-14-11-21-5-1-4-8-27(21)33-23)17-28(29)34-30(35)25-6-2-3-7-26(25)31(36)37/h1,4-5,8-17,25-26H,2-3,6-7,18-19H2,(H,36,37)/t25-,26-/m0/s1. The molecule has 7 heteroatoms. The molecule has 0 aliphatic heterocycles. The highest BCUT2D eigenvalue weighted by atomic mass is 79.9. The number of rotatable bonds is 7. The van der Waals surface area contributed by atoms with Gasteiger partial charge in [-0.2, -0.15) is 0 Å². The minimum absolute atomic E-state index is 0.115. The Morgan fingerprint density at radius 2 is 1.76 bits per heavy atom. The van der Waals surface area contributed by atoms with E-state index in [9.17, 15) is 9.90 Å². The van der Waals surface area contributed by atoms with E-state index in [1.165, 1.54) is 0 Å². The lowest BCUT2D eigenvalue weighted by atomic mass is 9.78. The van der Waals surface area contributed by atoms with Crippen molar-refractivity contribution in [2.75, 3.05) is 0 Å². The average Bonchev–Trinajstić information content (AvgIpc) is 3.30. The van der Waals surface area contributed by atoms with Gasteiger partial charge in [0.15, 0.2) is 0 Å². The van der Waals surface area contributed by atoms with Gasteiger partial charge in [-0.05, 0) is 54.8 Å². The van der Waals surface area contributed by atoms with Crippen LogP contribution in [0.2, 0.25) is 0 Å². The molecule has 38 heavy (non-hydrogen) atoms. The number of halogens is 1. The van der Waals surface area contributed by atoms with Gasteiger partial charge in [-0.1, -0.05) is 65.2 Å². The Kier molecular flexibility index (Phi) is 6.85. The lowest BCUT2D eigenvalue weighted by molar-refractivity contribution is -0.143. The number of para-hydroxylation sites is 1. The summed E-state index contributed by atoms with van der Waals surface area (Å²) in [4.78, 5) is 21.9. The molecule has 1 aliphatic carbocycles. The Bertz CT molecular complexity index is 1610. The molecule has 2 heterocycles. The van der Waals surface area contributed by atoms with E-state index in [1.54, 1.807) is 0 Å². The molecule has 1 N–H and O–H groups in total. The van der Waals surface area contributed by atoms with E-state index in [0.717, 1.165) is 62.8 Å². The Hall–Kier alpha value is -3.71. The fourth-order valence-corrected chi connectivity index (χ4v) is 5.79. The van der Waals surface area contributed by atoms with Crippen molar-refractivity contribution in [2.24, 2.45) is 5.92 Å². The first-order valence-corrected chi connectivity index (χ1v) is 13.8. The zero-order valence-corrected chi connectivity index (χ0v) is 22.5. The second-order valence-corrected chi connectivity index (χ2v) is 10.9. The van der Waals surface area contributed by atoms with Crippen molar-refractivity contribution in [3.63, 3.8) is 0 Å². The summed E-state index contributed by atoms with van der Waals surface area (Å²) in [6.07, 6.45) is 3.48. The Morgan fingerprint density at radius 1 is 0.947 bits per heavy atom. The van der Waals surface area contributed by atoms with E-state index < -0.39 is 11.9 Å². The second kappa shape index (κ2) is 10.6. The quantitative estimate of drug-likeness (QED) is 0.222. The number of fused-ring (bicyclic) bond motifs is 2. The summed E-state index contributed by atoms with van der Waals surface area (Å²) < 4.78 is 9.34. The minimum atomic E-state index is -0.733. The van der Waals surface area contributed by atoms with Crippen LogP contribution in [0.15, 0.2) is 83.3 Å². The zero-order chi connectivity index (χ0) is 26.1. The predicted octanol–water partition coefficient (Wildman–Crippen LogP) is 7.33. The van der Waals surface area contributed by atoms with Gasteiger partial charge in [-0.15, -0.1) is 0 Å². The number of carbonyl (C=O) groups is 1. The summed E-state index contributed by atoms with van der Waals surface area (Å²) in [7, 11) is 0. The van der Waals surface area contributed by atoms with Gasteiger partial charge in [0.1, 0.15) is 18.2 Å². The highest BCUT2D eigenvalue weighted by Crippen LogP contribution is 2.39. The van der Waals surface area contributed by atoms with E-state index in [2.05, 4.69) is 38.7 Å². The van der Waals surface area contributed by atoms with Crippen molar-refractivity contribution in [3.8, 4) is 5.75 Å². The molecule has 0 bridgehead atoms. The molecule has 5 aromatic rings. The molecular weight excluding hydrogens is 542 g/mol. The molecule has 1 aliphatic rings. The molecule has 0 spiro atoms. The largest absolute Gasteiger partial charge is 0.487 e. The van der Waals surface area contributed by atoms with E-state index in [4.69, 9.17) is 14.7 Å². The summed E-state index contributed by atoms with van der Waals surface area (Å²) in [5.74, 6) is 0.298. The minimum Gasteiger partial charge on any atom is -0.487 e. The zero-order valence-electron chi connectivity index (χ0n) is 20.9. The SMILES string of the molecule is O=C(O)[C@H]1CCCC[C@@H]1c1nc2cc(OCc3ccc4ccccc4n3)ccc2n1Cc1ccc(Br)cc1. The first-order chi connectivity index (χ1) is 18.5. The summed E-state index contributed by atoms with van der Waals surface area (Å²) in [5.41, 5.74) is 4.74. The van der Waals surface area contributed by atoms with Crippen molar-refractivity contribution in [1.82, 2.24) is 14.5 Å². The predicted molar refractivity (Wildman–Crippen MR) is 151 cm³/mol. The van der Waals surface area contributed by atoms with Gasteiger partial charge in [0.25, 0.3) is 0 Å². The van der Waals surface area contributed by atoms with E-state index in [-0.39, 0.29) is 5.92 Å². The number of carboxylic acids is 1. The smallest absolute Gasteiger partial charge is 0.307 e. The molecule has 3 aromatic carbocycles. The van der Waals surface area contributed by atoms with Gasteiger partial charge in [0.2, 0.25) is 0 Å². The lowest BCUT2D eigenvalue weighted by Gasteiger charge is -2.28. The average molecular weight is 570 g/mol. The molecule has 2 atom stereocenters. The molecule has 6 rings (SSSR count). The maximum atomic E-state index is 12.1. The number of nitrogens with zero attached hydrogens (tertiary/aromatic N) is 3. The maximum Gasteiger partial charge on any atom is 0.307 e. The van der Waals surface area contributed by atoms with Crippen LogP contribution < -0.4 is 4.74 Å². The molecular formula is C31H28BrN3O3. The molecule has 1 saturated carbocycles. The molecule has 2 aromatic heterocycles. The third kappa shape index (κ3) is 5.03. The number of imidazole rings is 1. The molecule has 1 fully saturated rings. The summed E-state index contributed by atoms with van der Waals surface area (Å²) in [5, 5.41) is 11.1. The Morgan fingerprint density at radius 3 is 2.61 bits per heavy atom. The van der Waals surface area contributed by atoms with Crippen LogP contribution in [0.1, 0.15) is 48.7 Å². The number of hydrogen-bond acceptors (Lipinski definition) is 4. The van der Waals surface area contributed by atoms with E-state index in [0.29, 0.717) is 25.3 Å². The monoisotopic (exact) mass is 569 g/mol. The highest BCUT2D eigenvalue weighted by Gasteiger charge is 2.35. The van der Waals surface area contributed by atoms with Gasteiger partial charge >= 0.3 is 5.97 Å². The van der Waals surface area contributed by atoms with Crippen LogP contribution in [0.3, 0.4) is 0 Å². The van der Waals surface area contributed by atoms with Gasteiger partial charge < -0.3 is 14.4 Å². The third-order valence-electron chi connectivity index (χ3n) is 7.46. The fraction of sp³-hybridized carbons (Fsp3) is 0.258. The van der Waals surface area contributed by atoms with Gasteiger partial charge in [0, 0.05) is 28.4 Å². The molecule has 192 valence electrons. The normalized spacial score (nSPS) is 17.6. The number of pyridine rings is 1. The summed E-state index contributed by atoms with van der Waals surface area (Å²) >= 11 is 3.51. The van der Waals surface area contributed by atoms with Crippen molar-refractivity contribution >= 4 is 43.8 Å². The van der Waals surface area contributed by atoms with Crippen molar-refractivity contribution < 1.29 is 14.6 Å². The number of aromatic nitrogens is 3. The molecule has 0 radical (unpaired) electrons. The first kappa shape index (κ1) is 24.6. The Labute approximate surface area is 229 Å². The fourth-order valence-electron chi connectivity index (χ4n) is 5.52. The van der Waals surface area contributed by atoms with Crippen LogP contribution >= 0.6 is 15.9 Å². The van der Waals surface area contributed by atoms with Gasteiger partial charge in [-0.25, -0.2) is 9.97 Å². The maximum absolute atomic E-state index is 12.1. The van der Waals surface area contributed by atoms with Crippen molar-refractivity contribution in [3.05, 3.63) is 100 Å². The second-order valence-electron chi connectivity index (χ2n) is 9.95. The molecule has 0 amide bonds. The number of benzene rings is 3. The molecule has 0 saturated heterocycles. The van der Waals surface area contributed by atoms with E-state index >= 15 is 0 Å². The molecule has 6 nitrogen and oxygen atoms in total. The van der Waals surface area contributed by atoms with Crippen LogP contribution in [0.25, 0.3) is 21.9 Å². The summed E-state index contributed by atoms with van der Waals surface area (Å²) in [6, 6.07) is 26.3. The van der Waals surface area contributed by atoms with Gasteiger partial charge in [0.05, 0.1) is 28.2 Å². The third-order valence-corrected chi connectivity index (χ3v) is 7.99. The number of aliphatic carboxylic acids is 1. The van der Waals surface area contributed by atoms with Crippen LogP contribution in [0.5, 0.6) is 5.75 Å². The Balaban J connectivity index is 1.33. The van der Waals surface area contributed by atoms with Crippen molar-refractivity contribution in [1.29, 1.82) is 0 Å². The number of carboxylic acid groups (broad SMARTS) is 1. The van der Waals surface area contributed by atoms with E-state index in [1.807, 2.05) is 60.7 Å². The lowest BCUT2D eigenvalue weighted by Crippen LogP contribution is -2.27. The van der Waals surface area contributed by atoms with Gasteiger partial charge in [-0.3, -0.25) is 4.79 Å². The van der Waals surface area contributed by atoms with Crippen LogP contribution in [0.4, 0.5) is 0 Å². The topological polar surface area (TPSA) is 77.2 Å². The van der Waals surface area contributed by atoms with Crippen LogP contribution in [-0.2, 0) is 17.9 Å². The van der Waals surface area contributed by atoms with Crippen LogP contribution in [0, 0.1) is 5.92 Å². The summed E-state index contributed by atoms with van der Waals surface area (Å²) in [6.45, 7) is 0.982. The number of hydrogen-bond donors (Lipinski definition) is 1. The molecule has 0 unspecified atom stereocenters. The van der Waals surface area contributed by atoms with Crippen molar-refractivity contribution in [2.45, 2.75) is 44.8 Å². The highest BCUT2D eigenvalue weighted by molar-refractivity contribution is 9.10. The van der Waals surface area contributed by atoms with Crippen LogP contribution in [-0.4, -0.2) is 25.6 Å². The first-order valence-electron chi connectivity index (χ1n) is 13.0.